The summed E-state index contributed by atoms with van der Waals surface area (Å²) in [6.07, 6.45) is 0.835. The van der Waals surface area contributed by atoms with Gasteiger partial charge in [0.05, 0.1) is 12.6 Å². The minimum atomic E-state index is -0.560. The number of hydrogen-bond acceptors (Lipinski definition) is 6. The molecule has 2 amide bonds. The van der Waals surface area contributed by atoms with Crippen LogP contribution in [-0.2, 0) is 16.1 Å². The van der Waals surface area contributed by atoms with Crippen molar-refractivity contribution in [2.75, 3.05) is 5.32 Å². The van der Waals surface area contributed by atoms with Gasteiger partial charge in [0.2, 0.25) is 11.8 Å². The van der Waals surface area contributed by atoms with Crippen LogP contribution in [0.5, 0.6) is 0 Å². The summed E-state index contributed by atoms with van der Waals surface area (Å²) in [4.78, 5) is 27.3. The third kappa shape index (κ3) is 4.65. The number of nitrogens with one attached hydrogen (secondary N) is 2. The van der Waals surface area contributed by atoms with Gasteiger partial charge in [-0.3, -0.25) is 9.59 Å². The Morgan fingerprint density at radius 2 is 2.17 bits per heavy atom. The van der Waals surface area contributed by atoms with Gasteiger partial charge in [-0.1, -0.05) is 20.3 Å². The van der Waals surface area contributed by atoms with Crippen molar-refractivity contribution in [3.8, 4) is 11.5 Å². The van der Waals surface area contributed by atoms with E-state index < -0.39 is 6.04 Å². The van der Waals surface area contributed by atoms with Crippen LogP contribution in [0.2, 0.25) is 0 Å². The molecule has 8 heteroatoms. The lowest BCUT2D eigenvalue weighted by atomic mass is 10.00. The van der Waals surface area contributed by atoms with Gasteiger partial charge in [-0.15, -0.1) is 11.3 Å². The number of aromatic nitrogens is 1. The first-order valence-corrected chi connectivity index (χ1v) is 8.64. The summed E-state index contributed by atoms with van der Waals surface area (Å²) in [6.45, 7) is 5.71. The van der Waals surface area contributed by atoms with Gasteiger partial charge in [0.15, 0.2) is 10.9 Å². The van der Waals surface area contributed by atoms with Gasteiger partial charge in [-0.05, 0) is 18.1 Å². The van der Waals surface area contributed by atoms with Gasteiger partial charge in [0, 0.05) is 12.3 Å². The molecule has 7 nitrogen and oxygen atoms in total. The number of carbonyl (C=O) groups excluding carboxylic acids is 2. The minimum Gasteiger partial charge on any atom is -0.458 e. The van der Waals surface area contributed by atoms with Gasteiger partial charge >= 0.3 is 0 Å². The Hall–Kier alpha value is -2.19. The van der Waals surface area contributed by atoms with Crippen LogP contribution in [0.15, 0.2) is 21.9 Å². The summed E-state index contributed by atoms with van der Waals surface area (Å²) < 4.78 is 5.63. The third-order valence-corrected chi connectivity index (χ3v) is 4.48. The normalized spacial score (nSPS) is 13.3. The third-order valence-electron chi connectivity index (χ3n) is 3.72. The zero-order valence-electron chi connectivity index (χ0n) is 14.0. The van der Waals surface area contributed by atoms with Gasteiger partial charge in [-0.25, -0.2) is 4.98 Å². The van der Waals surface area contributed by atoms with E-state index in [0.717, 1.165) is 6.42 Å². The highest BCUT2D eigenvalue weighted by Gasteiger charge is 2.20. The molecule has 2 atom stereocenters. The summed E-state index contributed by atoms with van der Waals surface area (Å²) in [5.41, 5.74) is 6.54. The number of amides is 2. The van der Waals surface area contributed by atoms with Crippen molar-refractivity contribution in [3.63, 3.8) is 0 Å². The minimum absolute atomic E-state index is 0.103. The lowest BCUT2D eigenvalue weighted by Crippen LogP contribution is -2.40. The lowest BCUT2D eigenvalue weighted by molar-refractivity contribution is -0.119. The number of furan rings is 1. The van der Waals surface area contributed by atoms with Crippen LogP contribution in [0, 0.1) is 5.92 Å². The molecule has 0 aliphatic carbocycles. The fourth-order valence-corrected chi connectivity index (χ4v) is 2.67. The Balaban J connectivity index is 2.00. The van der Waals surface area contributed by atoms with Crippen molar-refractivity contribution in [1.29, 1.82) is 0 Å². The van der Waals surface area contributed by atoms with E-state index in [1.165, 1.54) is 18.3 Å². The smallest absolute Gasteiger partial charge is 0.243 e. The van der Waals surface area contributed by atoms with Crippen LogP contribution in [-0.4, -0.2) is 22.8 Å². The van der Waals surface area contributed by atoms with Crippen molar-refractivity contribution in [1.82, 2.24) is 10.3 Å². The molecule has 0 spiro atoms. The molecule has 0 aliphatic rings. The highest BCUT2D eigenvalue weighted by atomic mass is 32.1. The SMILES string of the molecule is CCC(C)C(N)C(=O)Nc1nc(-c2ccc(CNC(C)=O)o2)cs1. The molecule has 2 rings (SSSR count). The summed E-state index contributed by atoms with van der Waals surface area (Å²) in [5.74, 6) is 0.960. The lowest BCUT2D eigenvalue weighted by Gasteiger charge is -2.16. The number of hydrogen-bond donors (Lipinski definition) is 3. The van der Waals surface area contributed by atoms with E-state index in [0.29, 0.717) is 28.9 Å². The van der Waals surface area contributed by atoms with E-state index in [2.05, 4.69) is 15.6 Å². The molecule has 0 saturated heterocycles. The first-order chi connectivity index (χ1) is 11.4. The van der Waals surface area contributed by atoms with E-state index in [-0.39, 0.29) is 17.7 Å². The Kier molecular flexibility index (Phi) is 6.10. The molecule has 2 aromatic heterocycles. The number of rotatable bonds is 7. The molecule has 2 aromatic rings. The zero-order chi connectivity index (χ0) is 17.7. The zero-order valence-corrected chi connectivity index (χ0v) is 14.8. The fraction of sp³-hybridized carbons (Fsp3) is 0.438. The molecule has 2 heterocycles. The van der Waals surface area contributed by atoms with E-state index in [1.807, 2.05) is 13.8 Å². The number of nitrogens with two attached hydrogens (primary N) is 1. The van der Waals surface area contributed by atoms with Crippen molar-refractivity contribution in [2.24, 2.45) is 11.7 Å². The molecular formula is C16H22N4O3S. The van der Waals surface area contributed by atoms with E-state index in [4.69, 9.17) is 10.2 Å². The van der Waals surface area contributed by atoms with Gasteiger partial charge in [0.25, 0.3) is 0 Å². The Labute approximate surface area is 144 Å². The quantitative estimate of drug-likeness (QED) is 0.710. The summed E-state index contributed by atoms with van der Waals surface area (Å²) in [7, 11) is 0. The number of anilines is 1. The van der Waals surface area contributed by atoms with E-state index in [1.54, 1.807) is 17.5 Å². The maximum Gasteiger partial charge on any atom is 0.243 e. The highest BCUT2D eigenvalue weighted by Crippen LogP contribution is 2.26. The summed E-state index contributed by atoms with van der Waals surface area (Å²) in [6, 6.07) is 3.00. The van der Waals surface area contributed by atoms with Crippen molar-refractivity contribution in [2.45, 2.75) is 39.8 Å². The first kappa shape index (κ1) is 18.2. The molecule has 2 unspecified atom stereocenters. The van der Waals surface area contributed by atoms with E-state index in [9.17, 15) is 9.59 Å². The predicted molar refractivity (Wildman–Crippen MR) is 93.4 cm³/mol. The molecule has 24 heavy (non-hydrogen) atoms. The highest BCUT2D eigenvalue weighted by molar-refractivity contribution is 7.14. The molecule has 0 bridgehead atoms. The summed E-state index contributed by atoms with van der Waals surface area (Å²) in [5, 5.41) is 7.68. The Bertz CT molecular complexity index is 710. The molecule has 0 radical (unpaired) electrons. The van der Waals surface area contributed by atoms with Crippen LogP contribution < -0.4 is 16.4 Å². The number of nitrogens with zero attached hydrogens (tertiary/aromatic N) is 1. The topological polar surface area (TPSA) is 110 Å². The molecule has 0 aliphatic heterocycles. The van der Waals surface area contributed by atoms with Crippen LogP contribution in [0.4, 0.5) is 5.13 Å². The molecule has 130 valence electrons. The molecule has 0 fully saturated rings. The number of carbonyl (C=O) groups is 2. The van der Waals surface area contributed by atoms with Crippen LogP contribution >= 0.6 is 11.3 Å². The second-order valence-corrected chi connectivity index (χ2v) is 6.47. The number of thiazole rings is 1. The van der Waals surface area contributed by atoms with Crippen molar-refractivity contribution in [3.05, 3.63) is 23.3 Å². The van der Waals surface area contributed by atoms with Crippen molar-refractivity contribution < 1.29 is 14.0 Å². The van der Waals surface area contributed by atoms with Gasteiger partial charge < -0.3 is 20.8 Å². The molecule has 4 N–H and O–H groups in total. The predicted octanol–water partition coefficient (Wildman–Crippen LogP) is 2.35. The maximum absolute atomic E-state index is 12.1. The standard InChI is InChI=1S/C16H22N4O3S/c1-4-9(2)14(17)15(22)20-16-19-12(8-24-16)13-6-5-11(23-13)7-18-10(3)21/h5-6,8-9,14H,4,7,17H2,1-3H3,(H,18,21)(H,19,20,22). The van der Waals surface area contributed by atoms with Gasteiger partial charge in [0.1, 0.15) is 11.5 Å². The summed E-state index contributed by atoms with van der Waals surface area (Å²) >= 11 is 1.31. The monoisotopic (exact) mass is 350 g/mol. The Morgan fingerprint density at radius 3 is 2.83 bits per heavy atom. The second kappa shape index (κ2) is 8.07. The van der Waals surface area contributed by atoms with Crippen molar-refractivity contribution >= 4 is 28.3 Å². The molecule has 0 aromatic carbocycles. The van der Waals surface area contributed by atoms with Crippen LogP contribution in [0.25, 0.3) is 11.5 Å². The van der Waals surface area contributed by atoms with Gasteiger partial charge in [-0.2, -0.15) is 0 Å². The van der Waals surface area contributed by atoms with E-state index >= 15 is 0 Å². The largest absolute Gasteiger partial charge is 0.458 e. The van der Waals surface area contributed by atoms with Crippen LogP contribution in [0.1, 0.15) is 33.0 Å². The maximum atomic E-state index is 12.1. The fourth-order valence-electron chi connectivity index (χ4n) is 1.97. The van der Waals surface area contributed by atoms with Crippen LogP contribution in [0.3, 0.4) is 0 Å². The average molecular weight is 350 g/mol. The first-order valence-electron chi connectivity index (χ1n) is 7.76. The molecule has 0 saturated carbocycles. The average Bonchev–Trinajstić information content (AvgIpc) is 3.20. The Morgan fingerprint density at radius 1 is 1.42 bits per heavy atom. The second-order valence-electron chi connectivity index (χ2n) is 5.61. The molecular weight excluding hydrogens is 328 g/mol.